The van der Waals surface area contributed by atoms with Gasteiger partial charge < -0.3 is 29.5 Å². The molecule has 1 N–H and O–H groups in total. The number of benzene rings is 2. The quantitative estimate of drug-likeness (QED) is 0.309. The largest absolute Gasteiger partial charge is 0.453 e. The van der Waals surface area contributed by atoms with Gasteiger partial charge in [0, 0.05) is 37.6 Å². The van der Waals surface area contributed by atoms with Crippen molar-refractivity contribution in [1.29, 1.82) is 0 Å². The molecule has 4 aliphatic heterocycles. The molecule has 0 spiro atoms. The fraction of sp³-hybridized carbons (Fsp3) is 0.610. The van der Waals surface area contributed by atoms with Crippen LogP contribution in [0.5, 0.6) is 0 Å². The second-order valence-electron chi connectivity index (χ2n) is 16.4. The Morgan fingerprint density at radius 1 is 1.02 bits per heavy atom. The minimum absolute atomic E-state index is 0.0316. The molecule has 56 heavy (non-hydrogen) atoms. The number of alkyl halides is 1. The van der Waals surface area contributed by atoms with Crippen molar-refractivity contribution in [3.05, 3.63) is 72.3 Å². The Bertz CT molecular complexity index is 1870. The van der Waals surface area contributed by atoms with Gasteiger partial charge in [0.05, 0.1) is 44.0 Å². The minimum atomic E-state index is -4.05. The van der Waals surface area contributed by atoms with Gasteiger partial charge in [-0.1, -0.05) is 25.1 Å². The number of likely N-dealkylation sites (tertiary alicyclic amines) is 2. The van der Waals surface area contributed by atoms with E-state index in [1.165, 1.54) is 30.2 Å². The van der Waals surface area contributed by atoms with Crippen LogP contribution in [0.25, 0.3) is 0 Å². The van der Waals surface area contributed by atoms with E-state index in [9.17, 15) is 18.0 Å². The van der Waals surface area contributed by atoms with Gasteiger partial charge in [-0.2, -0.15) is 0 Å². The molecule has 0 aromatic heterocycles. The number of nitrogens with zero attached hydrogens (tertiary/aromatic N) is 4. The summed E-state index contributed by atoms with van der Waals surface area (Å²) in [6.45, 7) is 7.80. The number of ether oxygens (including phenoxy) is 2. The van der Waals surface area contributed by atoms with E-state index in [0.29, 0.717) is 13.1 Å². The summed E-state index contributed by atoms with van der Waals surface area (Å²) in [5.74, 6) is -1.21. The minimum Gasteiger partial charge on any atom is -0.453 e. The van der Waals surface area contributed by atoms with Crippen molar-refractivity contribution in [2.24, 2.45) is 11.8 Å². The van der Waals surface area contributed by atoms with Crippen LogP contribution in [0.3, 0.4) is 0 Å². The molecule has 2 aromatic carbocycles. The molecule has 5 aliphatic rings. The average Bonchev–Trinajstić information content (AvgIpc) is 3.46. The average molecular weight is 802 g/mol. The van der Waals surface area contributed by atoms with Gasteiger partial charge in [0.2, 0.25) is 5.91 Å². The number of carbonyl (C=O) groups is 2. The summed E-state index contributed by atoms with van der Waals surface area (Å²) < 4.78 is 84.3. The number of nitrogens with one attached hydrogen (secondary N) is 1. The predicted octanol–water partition coefficient (Wildman–Crippen LogP) is 4.56. The molecule has 306 valence electrons. The monoisotopic (exact) mass is 801 g/mol. The Labute approximate surface area is 328 Å². The Kier molecular flexibility index (Phi) is 12.1. The maximum atomic E-state index is 16.3. The van der Waals surface area contributed by atoms with E-state index in [2.05, 4.69) is 21.7 Å². The van der Waals surface area contributed by atoms with E-state index in [4.69, 9.17) is 9.47 Å². The molecule has 15 heteroatoms. The van der Waals surface area contributed by atoms with E-state index >= 15 is 13.2 Å². The highest BCUT2D eigenvalue weighted by Gasteiger charge is 2.54. The standard InChI is InChI=1S/C41H54F3N5O6S/c1-3-38(50)48-19-20-55-24-33(23-48)56(52,53)32-11-12-37(35(43)22-32)49-26-40(44,27-49)25-47-17-13-29(14-18-47)41(28-46-15-6-16-46,30-7-4-8-31(42)21-30)34-9-5-10-36(34)45-39(51)54-2/h3-4,7-8,11-12,21-22,29,33-34,36H,1,5-6,9-10,13-20,23-28H2,2H3,(H,45,51)/t33-,34-,36-,41?/m0/s1. The summed E-state index contributed by atoms with van der Waals surface area (Å²) in [5, 5.41) is 2.04. The summed E-state index contributed by atoms with van der Waals surface area (Å²) >= 11 is 0. The fourth-order valence-electron chi connectivity index (χ4n) is 10.1. The van der Waals surface area contributed by atoms with Crippen LogP contribution in [0, 0.1) is 23.5 Å². The molecular weight excluding hydrogens is 748 g/mol. The molecular formula is C41H54F3N5O6S. The molecule has 2 amide bonds. The van der Waals surface area contributed by atoms with Gasteiger partial charge in [-0.05, 0) is 112 Å². The molecule has 1 saturated carbocycles. The van der Waals surface area contributed by atoms with E-state index in [1.807, 2.05) is 6.07 Å². The smallest absolute Gasteiger partial charge is 0.407 e. The van der Waals surface area contributed by atoms with Gasteiger partial charge in [-0.3, -0.25) is 9.69 Å². The van der Waals surface area contributed by atoms with E-state index < -0.39 is 44.0 Å². The number of rotatable bonds is 12. The predicted molar refractivity (Wildman–Crippen MR) is 206 cm³/mol. The molecule has 7 rings (SSSR count). The topological polar surface area (TPSA) is 112 Å². The maximum Gasteiger partial charge on any atom is 0.407 e. The van der Waals surface area contributed by atoms with Crippen molar-refractivity contribution < 1.29 is 40.7 Å². The molecule has 0 radical (unpaired) electrons. The number of amides is 2. The number of hydrogen-bond acceptors (Lipinski definition) is 9. The lowest BCUT2D eigenvalue weighted by atomic mass is 9.57. The lowest BCUT2D eigenvalue weighted by Gasteiger charge is -2.54. The van der Waals surface area contributed by atoms with Crippen LogP contribution < -0.4 is 10.2 Å². The van der Waals surface area contributed by atoms with Gasteiger partial charge >= 0.3 is 6.09 Å². The highest BCUT2D eigenvalue weighted by Crippen LogP contribution is 2.52. The third-order valence-corrected chi connectivity index (χ3v) is 15.1. The molecule has 0 bridgehead atoms. The lowest BCUT2D eigenvalue weighted by Crippen LogP contribution is -2.65. The number of methoxy groups -OCH3 is 1. The van der Waals surface area contributed by atoms with Crippen molar-refractivity contribution in [3.8, 4) is 0 Å². The van der Waals surface area contributed by atoms with E-state index in [0.717, 1.165) is 75.9 Å². The first kappa shape index (κ1) is 40.5. The summed E-state index contributed by atoms with van der Waals surface area (Å²) in [4.78, 5) is 32.0. The van der Waals surface area contributed by atoms with Crippen LogP contribution in [0.4, 0.5) is 23.7 Å². The third-order valence-electron chi connectivity index (χ3n) is 13.0. The van der Waals surface area contributed by atoms with Crippen molar-refractivity contribution >= 4 is 27.5 Å². The molecule has 1 unspecified atom stereocenters. The Hall–Kier alpha value is -3.66. The Morgan fingerprint density at radius 3 is 2.45 bits per heavy atom. The van der Waals surface area contributed by atoms with Crippen LogP contribution in [0.2, 0.25) is 0 Å². The summed E-state index contributed by atoms with van der Waals surface area (Å²) in [7, 11) is -2.68. The van der Waals surface area contributed by atoms with Crippen LogP contribution in [-0.4, -0.2) is 138 Å². The second-order valence-corrected chi connectivity index (χ2v) is 18.6. The molecule has 4 atom stereocenters. The van der Waals surface area contributed by atoms with Crippen LogP contribution >= 0.6 is 0 Å². The second kappa shape index (κ2) is 16.7. The van der Waals surface area contributed by atoms with Crippen molar-refractivity contribution in [2.45, 2.75) is 65.8 Å². The highest BCUT2D eigenvalue weighted by atomic mass is 32.2. The van der Waals surface area contributed by atoms with Crippen molar-refractivity contribution in [3.63, 3.8) is 0 Å². The lowest BCUT2D eigenvalue weighted by molar-refractivity contribution is -0.126. The van der Waals surface area contributed by atoms with Gasteiger partial charge in [0.1, 0.15) is 16.9 Å². The molecule has 5 fully saturated rings. The first-order chi connectivity index (χ1) is 26.8. The molecule has 11 nitrogen and oxygen atoms in total. The van der Waals surface area contributed by atoms with Crippen LogP contribution in [0.15, 0.2) is 60.0 Å². The number of carbonyl (C=O) groups excluding carboxylic acids is 2. The van der Waals surface area contributed by atoms with Gasteiger partial charge in [0.15, 0.2) is 15.5 Å². The normalized spacial score (nSPS) is 26.0. The zero-order valence-electron chi connectivity index (χ0n) is 32.1. The number of anilines is 1. The number of hydrogen-bond donors (Lipinski definition) is 1. The number of piperidine rings is 1. The summed E-state index contributed by atoms with van der Waals surface area (Å²) in [6.07, 6.45) is 6.00. The first-order valence-electron chi connectivity index (χ1n) is 19.9. The Balaban J connectivity index is 1.02. The SMILES string of the molecule is C=CC(=O)N1CCOC[C@@H](S(=O)(=O)c2ccc(N3CC(F)(CN4CCC(C(CN5CCC5)(c5cccc(F)c5)[C@H]5CCC[C@@H]5NC(=O)OC)CC4)C3)c(F)c2)C1. The van der Waals surface area contributed by atoms with Gasteiger partial charge in [0.25, 0.3) is 0 Å². The van der Waals surface area contributed by atoms with E-state index in [1.54, 1.807) is 17.0 Å². The van der Waals surface area contributed by atoms with Crippen molar-refractivity contribution in [2.75, 3.05) is 90.7 Å². The molecule has 4 saturated heterocycles. The zero-order valence-corrected chi connectivity index (χ0v) is 33.0. The van der Waals surface area contributed by atoms with Gasteiger partial charge in [-0.15, -0.1) is 0 Å². The molecule has 2 aromatic rings. The fourth-order valence-corrected chi connectivity index (χ4v) is 11.6. The summed E-state index contributed by atoms with van der Waals surface area (Å²) in [6, 6.07) is 10.5. The number of alkyl carbamates (subject to hydrolysis) is 1. The zero-order chi connectivity index (χ0) is 39.7. The third kappa shape index (κ3) is 8.19. The summed E-state index contributed by atoms with van der Waals surface area (Å²) in [5.41, 5.74) is -0.924. The Morgan fingerprint density at radius 2 is 1.79 bits per heavy atom. The van der Waals surface area contributed by atoms with Crippen LogP contribution in [-0.2, 0) is 29.5 Å². The van der Waals surface area contributed by atoms with E-state index in [-0.39, 0.29) is 80.2 Å². The van der Waals surface area contributed by atoms with Gasteiger partial charge in [-0.25, -0.2) is 26.4 Å². The molecule has 1 aliphatic carbocycles. The van der Waals surface area contributed by atoms with Crippen molar-refractivity contribution in [1.82, 2.24) is 20.0 Å². The number of sulfone groups is 1. The maximum absolute atomic E-state index is 16.3. The number of halogens is 3. The first-order valence-corrected chi connectivity index (χ1v) is 21.4. The van der Waals surface area contributed by atoms with Crippen LogP contribution in [0.1, 0.15) is 44.1 Å². The molecule has 4 heterocycles. The highest BCUT2D eigenvalue weighted by molar-refractivity contribution is 7.92.